The molecule has 2 amide bonds. The SMILES string of the molecule is O=C(O)CCCCC[C@@H](NC(=O)c1ccccc1)C(=O)Nc1ccccc1. The summed E-state index contributed by atoms with van der Waals surface area (Å²) in [5, 5.41) is 14.3. The number of aliphatic carboxylic acids is 1. The Labute approximate surface area is 158 Å². The van der Waals surface area contributed by atoms with Crippen molar-refractivity contribution in [2.75, 3.05) is 5.32 Å². The van der Waals surface area contributed by atoms with Gasteiger partial charge in [-0.15, -0.1) is 0 Å². The first kappa shape index (κ1) is 20.2. The summed E-state index contributed by atoms with van der Waals surface area (Å²) in [6.45, 7) is 0. The van der Waals surface area contributed by atoms with Gasteiger partial charge in [-0.2, -0.15) is 0 Å². The molecule has 0 radical (unpaired) electrons. The number of carbonyl (C=O) groups excluding carboxylic acids is 2. The van der Waals surface area contributed by atoms with Crippen LogP contribution < -0.4 is 10.6 Å². The molecule has 0 bridgehead atoms. The van der Waals surface area contributed by atoms with E-state index in [1.54, 1.807) is 36.4 Å². The minimum absolute atomic E-state index is 0.108. The maximum Gasteiger partial charge on any atom is 0.303 e. The molecule has 0 heterocycles. The van der Waals surface area contributed by atoms with E-state index in [2.05, 4.69) is 10.6 Å². The van der Waals surface area contributed by atoms with E-state index in [1.807, 2.05) is 24.3 Å². The lowest BCUT2D eigenvalue weighted by molar-refractivity contribution is -0.137. The van der Waals surface area contributed by atoms with Crippen molar-refractivity contribution in [2.24, 2.45) is 0 Å². The minimum atomic E-state index is -0.828. The number of anilines is 1. The van der Waals surface area contributed by atoms with Crippen LogP contribution in [-0.2, 0) is 9.59 Å². The number of unbranched alkanes of at least 4 members (excludes halogenated alkanes) is 2. The maximum absolute atomic E-state index is 12.6. The van der Waals surface area contributed by atoms with Gasteiger partial charge in [0.15, 0.2) is 0 Å². The fraction of sp³-hybridized carbons (Fsp3) is 0.286. The monoisotopic (exact) mass is 368 g/mol. The second kappa shape index (κ2) is 10.8. The highest BCUT2D eigenvalue weighted by Crippen LogP contribution is 2.11. The van der Waals surface area contributed by atoms with E-state index in [9.17, 15) is 14.4 Å². The third-order valence-corrected chi connectivity index (χ3v) is 4.08. The number of carboxylic acid groups (broad SMARTS) is 1. The number of hydrogen-bond acceptors (Lipinski definition) is 3. The van der Waals surface area contributed by atoms with Crippen LogP contribution in [0.2, 0.25) is 0 Å². The van der Waals surface area contributed by atoms with E-state index in [-0.39, 0.29) is 18.2 Å². The fourth-order valence-electron chi connectivity index (χ4n) is 2.65. The maximum atomic E-state index is 12.6. The summed E-state index contributed by atoms with van der Waals surface area (Å²) in [5.74, 6) is -1.43. The molecule has 0 saturated heterocycles. The molecule has 2 aromatic rings. The number of carboxylic acids is 1. The van der Waals surface area contributed by atoms with Gasteiger partial charge in [0.1, 0.15) is 6.04 Å². The summed E-state index contributed by atoms with van der Waals surface area (Å²) in [6.07, 6.45) is 2.43. The summed E-state index contributed by atoms with van der Waals surface area (Å²) in [7, 11) is 0. The van der Waals surface area contributed by atoms with Crippen molar-refractivity contribution in [2.45, 2.75) is 38.1 Å². The van der Waals surface area contributed by atoms with Crippen molar-refractivity contribution in [3.8, 4) is 0 Å². The van der Waals surface area contributed by atoms with Crippen molar-refractivity contribution in [1.29, 1.82) is 0 Å². The van der Waals surface area contributed by atoms with Gasteiger partial charge < -0.3 is 15.7 Å². The molecule has 0 fully saturated rings. The van der Waals surface area contributed by atoms with Gasteiger partial charge >= 0.3 is 5.97 Å². The molecule has 2 rings (SSSR count). The number of para-hydroxylation sites is 1. The molecule has 142 valence electrons. The first-order valence-electron chi connectivity index (χ1n) is 9.00. The Balaban J connectivity index is 1.97. The Bertz CT molecular complexity index is 747. The highest BCUT2D eigenvalue weighted by atomic mass is 16.4. The van der Waals surface area contributed by atoms with E-state index in [0.717, 1.165) is 0 Å². The highest BCUT2D eigenvalue weighted by molar-refractivity contribution is 6.01. The number of nitrogens with one attached hydrogen (secondary N) is 2. The van der Waals surface area contributed by atoms with Gasteiger partial charge in [-0.05, 0) is 37.1 Å². The lowest BCUT2D eigenvalue weighted by Crippen LogP contribution is -2.43. The quantitative estimate of drug-likeness (QED) is 0.560. The van der Waals surface area contributed by atoms with E-state index in [4.69, 9.17) is 5.11 Å². The van der Waals surface area contributed by atoms with Crippen molar-refractivity contribution >= 4 is 23.5 Å². The molecule has 6 nitrogen and oxygen atoms in total. The van der Waals surface area contributed by atoms with Gasteiger partial charge in [-0.25, -0.2) is 0 Å². The predicted molar refractivity (Wildman–Crippen MR) is 103 cm³/mol. The number of carbonyl (C=O) groups is 3. The first-order chi connectivity index (χ1) is 13.1. The molecule has 0 unspecified atom stereocenters. The van der Waals surface area contributed by atoms with Gasteiger partial charge in [-0.3, -0.25) is 14.4 Å². The van der Waals surface area contributed by atoms with Crippen molar-refractivity contribution in [1.82, 2.24) is 5.32 Å². The molecule has 0 saturated carbocycles. The number of rotatable bonds is 10. The summed E-state index contributed by atoms with van der Waals surface area (Å²) in [4.78, 5) is 35.6. The summed E-state index contributed by atoms with van der Waals surface area (Å²) >= 11 is 0. The van der Waals surface area contributed by atoms with E-state index >= 15 is 0 Å². The molecule has 6 heteroatoms. The average Bonchev–Trinajstić information content (AvgIpc) is 2.68. The zero-order valence-electron chi connectivity index (χ0n) is 15.1. The summed E-state index contributed by atoms with van der Waals surface area (Å²) < 4.78 is 0. The average molecular weight is 368 g/mol. The van der Waals surface area contributed by atoms with Crippen LogP contribution in [0.1, 0.15) is 42.5 Å². The largest absolute Gasteiger partial charge is 0.481 e. The zero-order chi connectivity index (χ0) is 19.5. The normalized spacial score (nSPS) is 11.4. The van der Waals surface area contributed by atoms with Crippen LogP contribution in [0.3, 0.4) is 0 Å². The molecule has 0 aliphatic heterocycles. The molecule has 27 heavy (non-hydrogen) atoms. The van der Waals surface area contributed by atoms with Crippen LogP contribution in [0, 0.1) is 0 Å². The number of hydrogen-bond donors (Lipinski definition) is 3. The fourth-order valence-corrected chi connectivity index (χ4v) is 2.65. The van der Waals surface area contributed by atoms with Gasteiger partial charge in [0.25, 0.3) is 5.91 Å². The van der Waals surface area contributed by atoms with Crippen molar-refractivity contribution in [3.05, 3.63) is 66.2 Å². The smallest absolute Gasteiger partial charge is 0.303 e. The second-order valence-electron chi connectivity index (χ2n) is 6.24. The van der Waals surface area contributed by atoms with Crippen molar-refractivity contribution in [3.63, 3.8) is 0 Å². The van der Waals surface area contributed by atoms with Gasteiger partial charge in [0.2, 0.25) is 5.91 Å². The molecule has 3 N–H and O–H groups in total. The first-order valence-corrected chi connectivity index (χ1v) is 9.00. The number of benzene rings is 2. The standard InChI is InChI=1S/C21H24N2O4/c24-19(25)15-9-3-8-14-18(21(27)22-17-12-6-2-7-13-17)23-20(26)16-10-4-1-5-11-16/h1-2,4-7,10-13,18H,3,8-9,14-15H2,(H,22,27)(H,23,26)(H,24,25)/t18-/m1/s1. The third kappa shape index (κ3) is 7.32. The van der Waals surface area contributed by atoms with Crippen LogP contribution in [-0.4, -0.2) is 28.9 Å². The Morgan fingerprint density at radius 1 is 0.852 bits per heavy atom. The van der Waals surface area contributed by atoms with Gasteiger partial charge in [0.05, 0.1) is 0 Å². The van der Waals surface area contributed by atoms with E-state index in [1.165, 1.54) is 0 Å². The predicted octanol–water partition coefficient (Wildman–Crippen LogP) is 3.46. The summed E-state index contributed by atoms with van der Waals surface area (Å²) in [6, 6.07) is 17.1. The van der Waals surface area contributed by atoms with Crippen LogP contribution in [0.25, 0.3) is 0 Å². The van der Waals surface area contributed by atoms with Crippen LogP contribution in [0.15, 0.2) is 60.7 Å². The molecular formula is C21H24N2O4. The molecule has 2 aromatic carbocycles. The van der Waals surface area contributed by atoms with Crippen LogP contribution >= 0.6 is 0 Å². The van der Waals surface area contributed by atoms with E-state index in [0.29, 0.717) is 36.9 Å². The minimum Gasteiger partial charge on any atom is -0.481 e. The lowest BCUT2D eigenvalue weighted by atomic mass is 10.1. The Morgan fingerprint density at radius 3 is 2.11 bits per heavy atom. The van der Waals surface area contributed by atoms with Crippen LogP contribution in [0.5, 0.6) is 0 Å². The lowest BCUT2D eigenvalue weighted by Gasteiger charge is -2.18. The molecule has 0 aliphatic carbocycles. The third-order valence-electron chi connectivity index (χ3n) is 4.08. The molecule has 0 aliphatic rings. The second-order valence-corrected chi connectivity index (χ2v) is 6.24. The molecular weight excluding hydrogens is 344 g/mol. The van der Waals surface area contributed by atoms with Gasteiger partial charge in [0, 0.05) is 17.7 Å². The van der Waals surface area contributed by atoms with Crippen LogP contribution in [0.4, 0.5) is 5.69 Å². The van der Waals surface area contributed by atoms with E-state index < -0.39 is 12.0 Å². The topological polar surface area (TPSA) is 95.5 Å². The number of amides is 2. The molecule has 1 atom stereocenters. The Morgan fingerprint density at radius 2 is 1.48 bits per heavy atom. The molecule has 0 aromatic heterocycles. The zero-order valence-corrected chi connectivity index (χ0v) is 15.1. The Kier molecular flexibility index (Phi) is 8.03. The van der Waals surface area contributed by atoms with Crippen molar-refractivity contribution < 1.29 is 19.5 Å². The molecule has 0 spiro atoms. The van der Waals surface area contributed by atoms with Gasteiger partial charge in [-0.1, -0.05) is 49.2 Å². The Hall–Kier alpha value is -3.15. The highest BCUT2D eigenvalue weighted by Gasteiger charge is 2.21. The summed E-state index contributed by atoms with van der Waals surface area (Å²) in [5.41, 5.74) is 1.15.